The number of nitrogens with two attached hydrogens (primary N) is 1. The van der Waals surface area contributed by atoms with Gasteiger partial charge in [-0.2, -0.15) is 0 Å². The van der Waals surface area contributed by atoms with Crippen LogP contribution in [0.25, 0.3) is 5.76 Å². The van der Waals surface area contributed by atoms with Crippen LogP contribution in [0.4, 0.5) is 0 Å². The molecule has 10 nitrogen and oxygen atoms in total. The summed E-state index contributed by atoms with van der Waals surface area (Å²) in [6, 6.07) is 3.33. The van der Waals surface area contributed by atoms with Gasteiger partial charge in [-0.25, -0.2) is 0 Å². The molecule has 4 rings (SSSR count). The van der Waals surface area contributed by atoms with Crippen molar-refractivity contribution in [3.8, 4) is 5.75 Å². The number of carbonyl (C=O) groups is 4. The zero-order valence-electron chi connectivity index (χ0n) is 18.7. The highest BCUT2D eigenvalue weighted by Crippen LogP contribution is 2.53. The van der Waals surface area contributed by atoms with E-state index in [-0.39, 0.29) is 36.3 Å². The second kappa shape index (κ2) is 7.98. The third kappa shape index (κ3) is 3.05. The molecule has 0 aliphatic heterocycles. The number of hydrogen-bond acceptors (Lipinski definition) is 8. The Morgan fingerprint density at radius 2 is 1.94 bits per heavy atom. The topological polar surface area (TPSA) is 178 Å². The Morgan fingerprint density at radius 3 is 2.53 bits per heavy atom. The van der Waals surface area contributed by atoms with Crippen LogP contribution in [0.3, 0.4) is 0 Å². The Kier molecular flexibility index (Phi) is 5.52. The molecule has 0 radical (unpaired) electrons. The van der Waals surface area contributed by atoms with Crippen molar-refractivity contribution in [2.24, 2.45) is 23.5 Å². The van der Waals surface area contributed by atoms with Crippen LogP contribution in [0.15, 0.2) is 29.0 Å². The zero-order chi connectivity index (χ0) is 25.1. The highest BCUT2D eigenvalue weighted by molar-refractivity contribution is 6.23. The van der Waals surface area contributed by atoms with Gasteiger partial charge in [0.1, 0.15) is 22.8 Å². The molecule has 6 N–H and O–H groups in total. The minimum Gasteiger partial charge on any atom is -0.508 e. The van der Waals surface area contributed by atoms with Crippen LogP contribution >= 0.6 is 0 Å². The number of benzene rings is 1. The summed E-state index contributed by atoms with van der Waals surface area (Å²) in [6.45, 7) is 3.70. The lowest BCUT2D eigenvalue weighted by molar-refractivity contribution is -0.152. The van der Waals surface area contributed by atoms with Crippen molar-refractivity contribution in [2.75, 3.05) is 6.54 Å². The first kappa shape index (κ1) is 23.5. The van der Waals surface area contributed by atoms with Gasteiger partial charge in [0.25, 0.3) is 5.91 Å². The Hall–Kier alpha value is -3.66. The van der Waals surface area contributed by atoms with Crippen LogP contribution < -0.4 is 5.73 Å². The summed E-state index contributed by atoms with van der Waals surface area (Å²) in [5.74, 6) is -7.60. The maximum Gasteiger partial charge on any atom is 0.255 e. The summed E-state index contributed by atoms with van der Waals surface area (Å²) < 4.78 is 0. The van der Waals surface area contributed by atoms with Gasteiger partial charge in [-0.05, 0) is 31.2 Å². The Bertz CT molecular complexity index is 1200. The van der Waals surface area contributed by atoms with Gasteiger partial charge in [0.15, 0.2) is 11.4 Å². The standard InChI is InChI=1S/C24H26N2O8/c1-3-26(9-27)8-12-5-4-11-6-13-7-14-10(2)18(28)17(23(25)33)22(32)24(14,34)21(31)16(13)20(30)15(11)19(12)29/h4-5,9-10,13-14,29-30,32,34H,3,6-8H2,1-2H3,(H2,25,33)/t10-,13?,14?,24-/m0/s1. The number of phenols is 1. The fourth-order valence-corrected chi connectivity index (χ4v) is 5.53. The van der Waals surface area contributed by atoms with E-state index in [1.54, 1.807) is 19.1 Å². The SMILES string of the molecule is CCN(C=O)Cc1ccc2c(c1O)C(O)=C1C(=O)[C@]3(O)C(O)=C(C(N)=O)C(=O)[C@@H](C)C3CC1C2. The number of aliphatic hydroxyl groups excluding tert-OH is 2. The number of nitrogens with zero attached hydrogens (tertiary/aromatic N) is 1. The van der Waals surface area contributed by atoms with Crippen molar-refractivity contribution < 1.29 is 39.6 Å². The van der Waals surface area contributed by atoms with E-state index in [2.05, 4.69) is 0 Å². The summed E-state index contributed by atoms with van der Waals surface area (Å²) in [4.78, 5) is 50.6. The van der Waals surface area contributed by atoms with Gasteiger partial charge >= 0.3 is 0 Å². The third-order valence-electron chi connectivity index (χ3n) is 7.42. The summed E-state index contributed by atoms with van der Waals surface area (Å²) in [5, 5.41) is 44.0. The maximum absolute atomic E-state index is 13.6. The molecular formula is C24H26N2O8. The monoisotopic (exact) mass is 470 g/mol. The van der Waals surface area contributed by atoms with E-state index in [0.717, 1.165) is 0 Å². The van der Waals surface area contributed by atoms with Crippen molar-refractivity contribution in [1.29, 1.82) is 0 Å². The van der Waals surface area contributed by atoms with E-state index in [1.165, 1.54) is 11.8 Å². The molecule has 0 bridgehead atoms. The number of aliphatic hydroxyl groups is 3. The first-order valence-corrected chi connectivity index (χ1v) is 11.0. The second-order valence-corrected chi connectivity index (χ2v) is 9.12. The van der Waals surface area contributed by atoms with E-state index < -0.39 is 57.9 Å². The maximum atomic E-state index is 13.6. The zero-order valence-corrected chi connectivity index (χ0v) is 18.7. The Labute approximate surface area is 195 Å². The summed E-state index contributed by atoms with van der Waals surface area (Å²) >= 11 is 0. The van der Waals surface area contributed by atoms with Crippen molar-refractivity contribution in [3.05, 3.63) is 45.7 Å². The highest BCUT2D eigenvalue weighted by Gasteiger charge is 2.62. The second-order valence-electron chi connectivity index (χ2n) is 9.12. The van der Waals surface area contributed by atoms with Gasteiger partial charge < -0.3 is 31.1 Å². The smallest absolute Gasteiger partial charge is 0.255 e. The molecule has 1 aromatic rings. The molecule has 2 amide bonds. The van der Waals surface area contributed by atoms with Gasteiger partial charge in [0.05, 0.1) is 5.56 Å². The molecule has 1 saturated carbocycles. The van der Waals surface area contributed by atoms with Crippen LogP contribution in [0.2, 0.25) is 0 Å². The average Bonchev–Trinajstić information content (AvgIpc) is 2.79. The molecule has 0 spiro atoms. The first-order valence-electron chi connectivity index (χ1n) is 11.0. The summed E-state index contributed by atoms with van der Waals surface area (Å²) in [6.07, 6.45) is 0.937. The molecule has 180 valence electrons. The van der Waals surface area contributed by atoms with Gasteiger partial charge in [-0.1, -0.05) is 19.1 Å². The van der Waals surface area contributed by atoms with Gasteiger partial charge in [0, 0.05) is 36.1 Å². The number of aromatic hydroxyl groups is 1. The van der Waals surface area contributed by atoms with Crippen molar-refractivity contribution in [1.82, 2.24) is 4.90 Å². The van der Waals surface area contributed by atoms with Gasteiger partial charge in [-0.3, -0.25) is 19.2 Å². The van der Waals surface area contributed by atoms with Crippen LogP contribution in [-0.4, -0.2) is 61.4 Å². The van der Waals surface area contributed by atoms with Crippen molar-refractivity contribution >= 4 is 29.6 Å². The number of rotatable bonds is 5. The van der Waals surface area contributed by atoms with E-state index in [0.29, 0.717) is 24.1 Å². The van der Waals surface area contributed by atoms with Crippen LogP contribution in [0, 0.1) is 17.8 Å². The van der Waals surface area contributed by atoms with E-state index >= 15 is 0 Å². The number of primary amides is 1. The summed E-state index contributed by atoms with van der Waals surface area (Å²) in [7, 11) is 0. The molecular weight excluding hydrogens is 444 g/mol. The molecule has 2 unspecified atom stereocenters. The van der Waals surface area contributed by atoms with Gasteiger partial charge in [-0.15, -0.1) is 0 Å². The molecule has 0 aromatic heterocycles. The van der Waals surface area contributed by atoms with Crippen LogP contribution in [0.5, 0.6) is 5.75 Å². The molecule has 10 heteroatoms. The number of amides is 2. The fourth-order valence-electron chi connectivity index (χ4n) is 5.53. The molecule has 3 aliphatic carbocycles. The van der Waals surface area contributed by atoms with Crippen LogP contribution in [0.1, 0.15) is 37.0 Å². The molecule has 4 atom stereocenters. The molecule has 1 fully saturated rings. The lowest BCUT2D eigenvalue weighted by atomic mass is 9.56. The predicted molar refractivity (Wildman–Crippen MR) is 118 cm³/mol. The molecule has 3 aliphatic rings. The summed E-state index contributed by atoms with van der Waals surface area (Å²) in [5.41, 5.74) is 2.53. The average molecular weight is 470 g/mol. The number of hydrogen-bond donors (Lipinski definition) is 5. The lowest BCUT2D eigenvalue weighted by Gasteiger charge is -2.48. The third-order valence-corrected chi connectivity index (χ3v) is 7.42. The Morgan fingerprint density at radius 1 is 1.26 bits per heavy atom. The number of phenolic OH excluding ortho intramolecular Hbond substituents is 1. The molecule has 0 saturated heterocycles. The van der Waals surface area contributed by atoms with E-state index in [4.69, 9.17) is 5.73 Å². The number of carbonyl (C=O) groups excluding carboxylic acids is 4. The lowest BCUT2D eigenvalue weighted by Crippen LogP contribution is -2.60. The molecule has 1 aromatic carbocycles. The Balaban J connectivity index is 1.88. The minimum absolute atomic E-state index is 0.0135. The fraction of sp³-hybridized carbons (Fsp3) is 0.417. The predicted octanol–water partition coefficient (Wildman–Crippen LogP) is 0.648. The minimum atomic E-state index is -2.61. The van der Waals surface area contributed by atoms with Crippen molar-refractivity contribution in [3.63, 3.8) is 0 Å². The molecule has 0 heterocycles. The van der Waals surface area contributed by atoms with E-state index in [1.807, 2.05) is 0 Å². The molecule has 34 heavy (non-hydrogen) atoms. The van der Waals surface area contributed by atoms with Gasteiger partial charge in [0.2, 0.25) is 12.2 Å². The number of fused-ring (bicyclic) bond motifs is 3. The van der Waals surface area contributed by atoms with Crippen molar-refractivity contribution in [2.45, 2.75) is 38.8 Å². The van der Waals surface area contributed by atoms with Crippen LogP contribution in [-0.2, 0) is 32.1 Å². The normalized spacial score (nSPS) is 28.3. The quantitative estimate of drug-likeness (QED) is 0.307. The number of ketones is 2. The highest BCUT2D eigenvalue weighted by atomic mass is 16.3. The first-order chi connectivity index (χ1) is 16.0. The largest absolute Gasteiger partial charge is 0.508 e. The number of Topliss-reactive ketones (excluding diaryl/α,β-unsaturated/α-hetero) is 2. The van der Waals surface area contributed by atoms with E-state index in [9.17, 15) is 39.6 Å².